The summed E-state index contributed by atoms with van der Waals surface area (Å²) in [6.45, 7) is 0. The van der Waals surface area contributed by atoms with Crippen molar-refractivity contribution in [1.82, 2.24) is 0 Å². The van der Waals surface area contributed by atoms with Crippen LogP contribution in [0.2, 0.25) is 0 Å². The minimum absolute atomic E-state index is 0. The van der Waals surface area contributed by atoms with E-state index in [1.54, 1.807) is 0 Å². The molecule has 0 atom stereocenters. The van der Waals surface area contributed by atoms with E-state index in [1.807, 2.05) is 0 Å². The minimum atomic E-state index is 0. The fraction of sp³-hybridized carbons (Fsp3) is 0. The second-order valence-corrected chi connectivity index (χ2v) is 0. The predicted octanol–water partition coefficient (Wildman–Crippen LogP) is 1.74. The SMILES string of the molecule is Cl.Cl.[CH3-].[CH3-].[Zr+2]. The van der Waals surface area contributed by atoms with Gasteiger partial charge in [-0.05, 0) is 0 Å². The minimum Gasteiger partial charge on any atom is -0.358 e. The Balaban J connectivity index is 0. The first-order chi connectivity index (χ1) is 0. The Labute approximate surface area is 65.7 Å². The molecule has 0 spiro atoms. The molecule has 0 nitrogen and oxygen atoms in total. The van der Waals surface area contributed by atoms with Crippen LogP contribution < -0.4 is 0 Å². The molecule has 0 aromatic heterocycles. The van der Waals surface area contributed by atoms with Gasteiger partial charge in [-0.3, -0.25) is 0 Å². The van der Waals surface area contributed by atoms with Crippen molar-refractivity contribution in [3.8, 4) is 0 Å². The van der Waals surface area contributed by atoms with Crippen LogP contribution in [-0.4, -0.2) is 0 Å². The zero-order chi connectivity index (χ0) is 0. The van der Waals surface area contributed by atoms with Crippen LogP contribution in [0, 0.1) is 14.9 Å². The average Bonchev–Trinajstić information content (AvgIpc) is 0. The molecule has 0 rings (SSSR count). The van der Waals surface area contributed by atoms with Gasteiger partial charge in [-0.15, -0.1) is 24.8 Å². The zero-order valence-electron chi connectivity index (χ0n) is 3.32. The standard InChI is InChI=1S/2CH3.2ClH.Zr/h2*1H3;2*1H;/q2*-1;;;+2. The maximum atomic E-state index is 0. The second kappa shape index (κ2) is 50.8. The summed E-state index contributed by atoms with van der Waals surface area (Å²) in [5.74, 6) is 0. The van der Waals surface area contributed by atoms with E-state index in [9.17, 15) is 0 Å². The van der Waals surface area contributed by atoms with Gasteiger partial charge in [0.25, 0.3) is 0 Å². The normalized spacial score (nSPS) is 0. The molecule has 0 fully saturated rings. The second-order valence-electron chi connectivity index (χ2n) is 0. The number of halogens is 2. The van der Waals surface area contributed by atoms with Gasteiger partial charge in [-0.2, -0.15) is 0 Å². The van der Waals surface area contributed by atoms with Crippen LogP contribution in [0.5, 0.6) is 0 Å². The van der Waals surface area contributed by atoms with Crippen molar-refractivity contribution in [1.29, 1.82) is 0 Å². The van der Waals surface area contributed by atoms with E-state index in [2.05, 4.69) is 0 Å². The Hall–Kier alpha value is 1.46. The van der Waals surface area contributed by atoms with E-state index in [-0.39, 0.29) is 65.9 Å². The molecular weight excluding hydrogens is 186 g/mol. The number of hydrogen-bond acceptors (Lipinski definition) is 0. The van der Waals surface area contributed by atoms with E-state index >= 15 is 0 Å². The molecule has 0 amide bonds. The number of rotatable bonds is 0. The summed E-state index contributed by atoms with van der Waals surface area (Å²) in [5, 5.41) is 0. The maximum Gasteiger partial charge on any atom is 2.00 e. The summed E-state index contributed by atoms with van der Waals surface area (Å²) in [6, 6.07) is 0. The van der Waals surface area contributed by atoms with Gasteiger partial charge in [0.1, 0.15) is 0 Å². The maximum absolute atomic E-state index is 0. The smallest absolute Gasteiger partial charge is 0.358 e. The molecule has 0 aliphatic rings. The van der Waals surface area contributed by atoms with E-state index in [4.69, 9.17) is 0 Å². The molecule has 0 saturated heterocycles. The molecule has 0 saturated carbocycles. The summed E-state index contributed by atoms with van der Waals surface area (Å²) in [4.78, 5) is 0. The van der Waals surface area contributed by atoms with E-state index in [0.717, 1.165) is 0 Å². The Kier molecular flexibility index (Phi) is 916. The molecule has 0 unspecified atom stereocenters. The summed E-state index contributed by atoms with van der Waals surface area (Å²) in [5.41, 5.74) is 0. The van der Waals surface area contributed by atoms with Crippen molar-refractivity contribution >= 4 is 24.8 Å². The summed E-state index contributed by atoms with van der Waals surface area (Å²) in [7, 11) is 0. The molecule has 0 bridgehead atoms. The van der Waals surface area contributed by atoms with Gasteiger partial charge in [0.2, 0.25) is 0 Å². The van der Waals surface area contributed by atoms with Crippen LogP contribution in [0.4, 0.5) is 0 Å². The van der Waals surface area contributed by atoms with Gasteiger partial charge in [0.15, 0.2) is 0 Å². The molecule has 0 aromatic rings. The first kappa shape index (κ1) is 90.1. The molecule has 34 valence electrons. The fourth-order valence-corrected chi connectivity index (χ4v) is 0. The average molecular weight is 194 g/mol. The quantitative estimate of drug-likeness (QED) is 0.515. The Morgan fingerprint density at radius 3 is 0.600 bits per heavy atom. The first-order valence-corrected chi connectivity index (χ1v) is 0. The topological polar surface area (TPSA) is 0 Å². The Morgan fingerprint density at radius 1 is 0.600 bits per heavy atom. The third-order valence-corrected chi connectivity index (χ3v) is 0. The van der Waals surface area contributed by atoms with Crippen molar-refractivity contribution in [3.63, 3.8) is 0 Å². The van der Waals surface area contributed by atoms with Crippen LogP contribution in [0.25, 0.3) is 0 Å². The zero-order valence-corrected chi connectivity index (χ0v) is 7.41. The van der Waals surface area contributed by atoms with Crippen LogP contribution in [-0.2, 0) is 26.2 Å². The molecular formula is C2H8Cl2Zr. The van der Waals surface area contributed by atoms with E-state index < -0.39 is 0 Å². The van der Waals surface area contributed by atoms with Gasteiger partial charge in [-0.1, -0.05) is 0 Å². The van der Waals surface area contributed by atoms with Crippen molar-refractivity contribution in [2.24, 2.45) is 0 Å². The molecule has 0 aliphatic heterocycles. The summed E-state index contributed by atoms with van der Waals surface area (Å²) >= 11 is 0. The van der Waals surface area contributed by atoms with Crippen molar-refractivity contribution in [2.45, 2.75) is 0 Å². The molecule has 0 radical (unpaired) electrons. The van der Waals surface area contributed by atoms with Crippen LogP contribution in [0.15, 0.2) is 0 Å². The van der Waals surface area contributed by atoms with Crippen LogP contribution in [0.3, 0.4) is 0 Å². The third-order valence-electron chi connectivity index (χ3n) is 0. The Bertz CT molecular complexity index is 7.61. The fourth-order valence-electron chi connectivity index (χ4n) is 0. The molecule has 3 heteroatoms. The largest absolute Gasteiger partial charge is 2.00 e. The van der Waals surface area contributed by atoms with Crippen molar-refractivity contribution in [2.75, 3.05) is 0 Å². The molecule has 0 N–H and O–H groups in total. The van der Waals surface area contributed by atoms with Gasteiger partial charge in [0, 0.05) is 0 Å². The molecule has 5 heavy (non-hydrogen) atoms. The van der Waals surface area contributed by atoms with Crippen molar-refractivity contribution in [3.05, 3.63) is 14.9 Å². The summed E-state index contributed by atoms with van der Waals surface area (Å²) in [6.07, 6.45) is 0. The van der Waals surface area contributed by atoms with Gasteiger partial charge < -0.3 is 14.9 Å². The first-order valence-electron chi connectivity index (χ1n) is 0. The van der Waals surface area contributed by atoms with E-state index in [1.165, 1.54) is 0 Å². The van der Waals surface area contributed by atoms with E-state index in [0.29, 0.717) is 0 Å². The molecule has 0 aromatic carbocycles. The molecule has 0 aliphatic carbocycles. The molecule has 0 heterocycles. The Morgan fingerprint density at radius 2 is 0.600 bits per heavy atom. The van der Waals surface area contributed by atoms with Gasteiger partial charge in [0.05, 0.1) is 0 Å². The monoisotopic (exact) mass is 192 g/mol. The van der Waals surface area contributed by atoms with Gasteiger partial charge in [-0.25, -0.2) is 0 Å². The van der Waals surface area contributed by atoms with Crippen LogP contribution >= 0.6 is 24.8 Å². The van der Waals surface area contributed by atoms with Crippen molar-refractivity contribution < 1.29 is 26.2 Å². The van der Waals surface area contributed by atoms with Crippen LogP contribution in [0.1, 0.15) is 0 Å². The van der Waals surface area contributed by atoms with Gasteiger partial charge >= 0.3 is 26.2 Å². The third kappa shape index (κ3) is 30.6. The number of hydrogen-bond donors (Lipinski definition) is 0. The predicted molar refractivity (Wildman–Crippen MR) is 27.3 cm³/mol. The summed E-state index contributed by atoms with van der Waals surface area (Å²) < 4.78 is 0.